The largest absolute Gasteiger partial charge is 0.495 e. The Morgan fingerprint density at radius 1 is 0.892 bits per heavy atom. The Balaban J connectivity index is 1.63. The van der Waals surface area contributed by atoms with E-state index in [4.69, 9.17) is 4.74 Å². The highest BCUT2D eigenvalue weighted by Crippen LogP contribution is 2.33. The van der Waals surface area contributed by atoms with E-state index in [9.17, 15) is 13.2 Å². The summed E-state index contributed by atoms with van der Waals surface area (Å²) >= 11 is 1.52. The van der Waals surface area contributed by atoms with E-state index in [1.807, 2.05) is 78.9 Å². The van der Waals surface area contributed by atoms with Crippen molar-refractivity contribution in [3.05, 3.63) is 114 Å². The molecule has 4 rings (SSSR count). The molecule has 0 aliphatic rings. The van der Waals surface area contributed by atoms with Crippen molar-refractivity contribution in [2.45, 2.75) is 34.1 Å². The van der Waals surface area contributed by atoms with Crippen molar-refractivity contribution < 1.29 is 17.9 Å². The number of rotatable bonds is 10. The van der Waals surface area contributed by atoms with Crippen LogP contribution in [0.25, 0.3) is 0 Å². The van der Waals surface area contributed by atoms with Crippen molar-refractivity contribution >= 4 is 33.4 Å². The van der Waals surface area contributed by atoms with Crippen LogP contribution in [0.3, 0.4) is 0 Å². The lowest BCUT2D eigenvalue weighted by molar-refractivity contribution is -0.117. The molecule has 0 aromatic heterocycles. The van der Waals surface area contributed by atoms with Gasteiger partial charge in [0.2, 0.25) is 15.9 Å². The number of sulfonamides is 1. The molecule has 0 unspecified atom stereocenters. The molecule has 0 aliphatic heterocycles. The number of amides is 1. The summed E-state index contributed by atoms with van der Waals surface area (Å²) in [5.74, 6) is -0.248. The van der Waals surface area contributed by atoms with Crippen molar-refractivity contribution in [1.29, 1.82) is 0 Å². The first-order valence-corrected chi connectivity index (χ1v) is 14.0. The second kappa shape index (κ2) is 12.1. The molecule has 4 aromatic rings. The van der Waals surface area contributed by atoms with Gasteiger partial charge in [-0.25, -0.2) is 8.42 Å². The lowest BCUT2D eigenvalue weighted by Crippen LogP contribution is -2.45. The quantitative estimate of drug-likeness (QED) is 0.274. The zero-order valence-corrected chi connectivity index (χ0v) is 22.2. The maximum absolute atomic E-state index is 13.6. The molecule has 1 atom stereocenters. The van der Waals surface area contributed by atoms with Crippen molar-refractivity contribution in [2.75, 3.05) is 12.4 Å². The van der Waals surface area contributed by atoms with Crippen LogP contribution in [0.5, 0.6) is 5.75 Å². The molecular weight excluding hydrogens is 504 g/mol. The highest BCUT2D eigenvalue weighted by molar-refractivity contribution is 7.99. The molecule has 4 aromatic carbocycles. The average molecular weight is 533 g/mol. The summed E-state index contributed by atoms with van der Waals surface area (Å²) in [7, 11) is -2.67. The fraction of sp³-hybridized carbons (Fsp3) is 0.138. The van der Waals surface area contributed by atoms with Gasteiger partial charge in [-0.1, -0.05) is 78.5 Å². The monoisotopic (exact) mass is 532 g/mol. The van der Waals surface area contributed by atoms with E-state index < -0.39 is 22.0 Å². The Kier molecular flexibility index (Phi) is 8.66. The maximum atomic E-state index is 13.6. The third-order valence-electron chi connectivity index (χ3n) is 5.62. The lowest BCUT2D eigenvalue weighted by Gasteiger charge is -2.21. The lowest BCUT2D eigenvalue weighted by atomic mass is 10.1. The highest BCUT2D eigenvalue weighted by atomic mass is 32.2. The number of para-hydroxylation sites is 1. The number of carbonyl (C=O) groups excluding carboxylic acids is 1. The molecule has 0 heterocycles. The van der Waals surface area contributed by atoms with Crippen LogP contribution in [0, 0.1) is 6.92 Å². The molecule has 2 N–H and O–H groups in total. The van der Waals surface area contributed by atoms with Crippen LogP contribution in [0.1, 0.15) is 11.1 Å². The summed E-state index contributed by atoms with van der Waals surface area (Å²) in [4.78, 5) is 15.4. The van der Waals surface area contributed by atoms with Gasteiger partial charge in [0.15, 0.2) is 0 Å². The zero-order chi connectivity index (χ0) is 26.3. The van der Waals surface area contributed by atoms with Crippen LogP contribution in [-0.2, 0) is 21.2 Å². The molecule has 37 heavy (non-hydrogen) atoms. The SMILES string of the molecule is COc1ccc(C)cc1S(=O)(=O)N[C@H](Cc1ccccc1)C(=O)Nc1ccccc1Sc1ccccc1. The molecule has 0 bridgehead atoms. The standard InChI is InChI=1S/C29H28N2O4S2/c1-21-17-18-26(35-2)28(19-21)37(33,34)31-25(20-22-11-5-3-6-12-22)29(32)30-24-15-9-10-16-27(24)36-23-13-7-4-8-14-23/h3-19,25,31H,20H2,1-2H3,(H,30,32)/t25-/m1/s1. The Morgan fingerprint density at radius 2 is 1.54 bits per heavy atom. The fourth-order valence-electron chi connectivity index (χ4n) is 3.78. The van der Waals surface area contributed by atoms with Crippen LogP contribution in [-0.4, -0.2) is 27.5 Å². The maximum Gasteiger partial charge on any atom is 0.245 e. The summed E-state index contributed by atoms with van der Waals surface area (Å²) in [5, 5.41) is 2.95. The van der Waals surface area contributed by atoms with E-state index in [1.165, 1.54) is 24.9 Å². The Morgan fingerprint density at radius 3 is 2.24 bits per heavy atom. The molecule has 0 spiro atoms. The van der Waals surface area contributed by atoms with Gasteiger partial charge in [-0.05, 0) is 60.9 Å². The molecule has 0 aliphatic carbocycles. The number of aryl methyl sites for hydroxylation is 1. The third kappa shape index (κ3) is 7.01. The van der Waals surface area contributed by atoms with E-state index in [-0.39, 0.29) is 17.1 Å². The van der Waals surface area contributed by atoms with Crippen molar-refractivity contribution in [2.24, 2.45) is 0 Å². The van der Waals surface area contributed by atoms with Crippen LogP contribution in [0.4, 0.5) is 5.69 Å². The summed E-state index contributed by atoms with van der Waals surface area (Å²) in [6, 6.07) is 30.4. The molecule has 0 saturated carbocycles. The normalized spacial score (nSPS) is 12.1. The Bertz CT molecular complexity index is 1460. The molecule has 0 saturated heterocycles. The summed E-state index contributed by atoms with van der Waals surface area (Å²) in [6.07, 6.45) is 0.175. The predicted molar refractivity (Wildman–Crippen MR) is 148 cm³/mol. The van der Waals surface area contributed by atoms with Gasteiger partial charge in [-0.15, -0.1) is 0 Å². The summed E-state index contributed by atoms with van der Waals surface area (Å²) in [5.41, 5.74) is 2.19. The molecule has 0 fully saturated rings. The van der Waals surface area contributed by atoms with Gasteiger partial charge in [-0.2, -0.15) is 4.72 Å². The van der Waals surface area contributed by atoms with Gasteiger partial charge < -0.3 is 10.1 Å². The topological polar surface area (TPSA) is 84.5 Å². The van der Waals surface area contributed by atoms with Gasteiger partial charge >= 0.3 is 0 Å². The zero-order valence-electron chi connectivity index (χ0n) is 20.5. The van der Waals surface area contributed by atoms with Crippen molar-refractivity contribution in [3.63, 3.8) is 0 Å². The highest BCUT2D eigenvalue weighted by Gasteiger charge is 2.29. The molecule has 190 valence electrons. The number of carbonyl (C=O) groups is 1. The number of hydrogen-bond donors (Lipinski definition) is 2. The minimum atomic E-state index is -4.08. The van der Waals surface area contributed by atoms with E-state index in [0.29, 0.717) is 5.69 Å². The molecule has 6 nitrogen and oxygen atoms in total. The first-order chi connectivity index (χ1) is 17.9. The summed E-state index contributed by atoms with van der Waals surface area (Å²) < 4.78 is 34.8. The summed E-state index contributed by atoms with van der Waals surface area (Å²) in [6.45, 7) is 1.80. The number of hydrogen-bond acceptors (Lipinski definition) is 5. The minimum Gasteiger partial charge on any atom is -0.495 e. The predicted octanol–water partition coefficient (Wildman–Crippen LogP) is 5.68. The van der Waals surface area contributed by atoms with Crippen LogP contribution in [0.15, 0.2) is 118 Å². The number of ether oxygens (including phenoxy) is 1. The average Bonchev–Trinajstić information content (AvgIpc) is 2.90. The number of anilines is 1. The Hall–Kier alpha value is -3.59. The molecular formula is C29H28N2O4S2. The van der Waals surface area contributed by atoms with Crippen molar-refractivity contribution in [3.8, 4) is 5.75 Å². The smallest absolute Gasteiger partial charge is 0.245 e. The van der Waals surface area contributed by atoms with Gasteiger partial charge in [0.1, 0.15) is 16.7 Å². The van der Waals surface area contributed by atoms with Gasteiger partial charge in [0.05, 0.1) is 12.8 Å². The van der Waals surface area contributed by atoms with Gasteiger partial charge in [-0.3, -0.25) is 4.79 Å². The van der Waals surface area contributed by atoms with E-state index in [2.05, 4.69) is 10.0 Å². The van der Waals surface area contributed by atoms with Crippen LogP contribution in [0.2, 0.25) is 0 Å². The second-order valence-electron chi connectivity index (χ2n) is 8.42. The fourth-order valence-corrected chi connectivity index (χ4v) is 6.15. The Labute approximate surface area is 222 Å². The van der Waals surface area contributed by atoms with Crippen molar-refractivity contribution in [1.82, 2.24) is 4.72 Å². The number of methoxy groups -OCH3 is 1. The molecule has 8 heteroatoms. The first-order valence-electron chi connectivity index (χ1n) is 11.7. The number of benzene rings is 4. The van der Waals surface area contributed by atoms with E-state index in [1.54, 1.807) is 25.1 Å². The molecule has 0 radical (unpaired) electrons. The minimum absolute atomic E-state index is 0.0131. The third-order valence-corrected chi connectivity index (χ3v) is 8.20. The van der Waals surface area contributed by atoms with Crippen LogP contribution >= 0.6 is 11.8 Å². The van der Waals surface area contributed by atoms with Crippen LogP contribution < -0.4 is 14.8 Å². The van der Waals surface area contributed by atoms with Gasteiger partial charge in [0.25, 0.3) is 0 Å². The van der Waals surface area contributed by atoms with E-state index in [0.717, 1.165) is 20.9 Å². The number of nitrogens with one attached hydrogen (secondary N) is 2. The second-order valence-corrected chi connectivity index (χ2v) is 11.2. The van der Waals surface area contributed by atoms with E-state index >= 15 is 0 Å². The van der Waals surface area contributed by atoms with Gasteiger partial charge in [0, 0.05) is 9.79 Å². The molecule has 1 amide bonds. The first kappa shape index (κ1) is 26.5.